The van der Waals surface area contributed by atoms with Crippen molar-refractivity contribution in [3.8, 4) is 0 Å². The van der Waals surface area contributed by atoms with Gasteiger partial charge in [-0.2, -0.15) is 14.2 Å². The largest absolute Gasteiger partial charge is 1.00 e. The van der Waals surface area contributed by atoms with E-state index in [4.69, 9.17) is 4.12 Å². The molecule has 1 nitrogen and oxygen atoms in total. The molecule has 0 aliphatic rings. The first kappa shape index (κ1) is 16.2. The van der Waals surface area contributed by atoms with E-state index in [-0.39, 0.29) is 18.9 Å². The Balaban J connectivity index is 0.00000225. The predicted octanol–water partition coefficient (Wildman–Crippen LogP) is 0.151. The first-order valence-corrected chi connectivity index (χ1v) is 10.4. The third-order valence-corrected chi connectivity index (χ3v) is 7.28. The first-order valence-electron chi connectivity index (χ1n) is 5.51. The molecule has 16 heavy (non-hydrogen) atoms. The van der Waals surface area contributed by atoms with Gasteiger partial charge >= 0.3 is 18.9 Å². The summed E-state index contributed by atoms with van der Waals surface area (Å²) in [5.74, 6) is 0. The normalized spacial score (nSPS) is 11.1. The molecule has 0 atom stereocenters. The van der Waals surface area contributed by atoms with Gasteiger partial charge in [-0.1, -0.05) is 44.2 Å². The van der Waals surface area contributed by atoms with E-state index in [0.717, 1.165) is 0 Å². The fourth-order valence-corrected chi connectivity index (χ4v) is 6.68. The van der Waals surface area contributed by atoms with Crippen LogP contribution in [-0.2, 0) is 4.12 Å². The summed E-state index contributed by atoms with van der Waals surface area (Å²) >= 11 is 0. The molecule has 0 unspecified atom stereocenters. The summed E-state index contributed by atoms with van der Waals surface area (Å²) in [6.45, 7) is 11.3. The van der Waals surface area contributed by atoms with Crippen molar-refractivity contribution in [2.45, 2.75) is 39.0 Å². The van der Waals surface area contributed by atoms with Crippen molar-refractivity contribution in [3.63, 3.8) is 0 Å². The molecule has 0 aliphatic heterocycles. The monoisotopic (exact) mass is 244 g/mol. The summed E-state index contributed by atoms with van der Waals surface area (Å²) < 4.78 is 6.33. The van der Waals surface area contributed by atoms with Crippen LogP contribution >= 0.6 is 0 Å². The van der Waals surface area contributed by atoms with E-state index in [2.05, 4.69) is 63.8 Å². The van der Waals surface area contributed by atoms with E-state index in [0.29, 0.717) is 5.54 Å². The second kappa shape index (κ2) is 6.83. The molecule has 4 heteroatoms. The van der Waals surface area contributed by atoms with Crippen LogP contribution < -0.4 is 24.0 Å². The van der Waals surface area contributed by atoms with Gasteiger partial charge in [0.2, 0.25) is 0 Å². The van der Waals surface area contributed by atoms with E-state index < -0.39 is 17.4 Å². The molecular formula is C12H21LiOSi2. The van der Waals surface area contributed by atoms with Gasteiger partial charge in [0, 0.05) is 0 Å². The van der Waals surface area contributed by atoms with Crippen LogP contribution in [0.4, 0.5) is 0 Å². The molecule has 0 radical (unpaired) electrons. The van der Waals surface area contributed by atoms with Crippen molar-refractivity contribution in [3.05, 3.63) is 30.3 Å². The summed E-state index contributed by atoms with van der Waals surface area (Å²) in [6, 6.07) is 10.7. The van der Waals surface area contributed by atoms with Crippen molar-refractivity contribution in [2.75, 3.05) is 0 Å². The fourth-order valence-electron chi connectivity index (χ4n) is 1.44. The van der Waals surface area contributed by atoms with Gasteiger partial charge in [-0.3, -0.25) is 0 Å². The minimum atomic E-state index is -1.42. The molecule has 0 heterocycles. The van der Waals surface area contributed by atoms with Gasteiger partial charge in [-0.05, 0) is 19.6 Å². The average molecular weight is 244 g/mol. The molecule has 0 amide bonds. The maximum absolute atomic E-state index is 6.33. The van der Waals surface area contributed by atoms with Crippen molar-refractivity contribution in [1.82, 2.24) is 0 Å². The van der Waals surface area contributed by atoms with Gasteiger partial charge in [0.1, 0.15) is 8.32 Å². The molecule has 0 fully saturated rings. The van der Waals surface area contributed by atoms with Gasteiger partial charge < -0.3 is 4.12 Å². The van der Waals surface area contributed by atoms with E-state index in [1.807, 2.05) is 0 Å². The predicted molar refractivity (Wildman–Crippen MR) is 71.4 cm³/mol. The maximum atomic E-state index is 6.33. The van der Waals surface area contributed by atoms with Crippen LogP contribution in [0.1, 0.15) is 13.8 Å². The molecule has 84 valence electrons. The van der Waals surface area contributed by atoms with E-state index in [1.165, 1.54) is 5.19 Å². The molecular weight excluding hydrogens is 223 g/mol. The second-order valence-corrected chi connectivity index (χ2v) is 12.6. The van der Waals surface area contributed by atoms with Crippen molar-refractivity contribution in [1.29, 1.82) is 0 Å². The van der Waals surface area contributed by atoms with Gasteiger partial charge in [0.25, 0.3) is 0 Å². The molecule has 1 rings (SSSR count). The average Bonchev–Trinajstić information content (AvgIpc) is 2.14. The minimum absolute atomic E-state index is 0. The fraction of sp³-hybridized carbons (Fsp3) is 0.500. The molecule has 0 bridgehead atoms. The van der Waals surface area contributed by atoms with Crippen molar-refractivity contribution < 1.29 is 23.0 Å². The molecule has 0 N–H and O–H groups in total. The van der Waals surface area contributed by atoms with E-state index >= 15 is 0 Å². The molecule has 1 aromatic carbocycles. The standard InChI is InChI=1S/C12H21OSi2.Li/c1-11(2)14(13-15(3,4)5)12-9-7-6-8-10-12;/h6-11H,1-5H3;/q-1;+1. The van der Waals surface area contributed by atoms with Crippen LogP contribution in [0.3, 0.4) is 0 Å². The number of rotatable bonds is 4. The van der Waals surface area contributed by atoms with Crippen molar-refractivity contribution >= 4 is 22.5 Å². The van der Waals surface area contributed by atoms with Gasteiger partial charge in [0.15, 0.2) is 0 Å². The van der Waals surface area contributed by atoms with Crippen LogP contribution in [0.25, 0.3) is 0 Å². The van der Waals surface area contributed by atoms with Crippen LogP contribution in [-0.4, -0.2) is 17.4 Å². The quantitative estimate of drug-likeness (QED) is 0.685. The zero-order chi connectivity index (χ0) is 11.5. The van der Waals surface area contributed by atoms with Crippen LogP contribution in [0, 0.1) is 0 Å². The summed E-state index contributed by atoms with van der Waals surface area (Å²) in [5, 5.41) is 1.40. The Morgan fingerprint density at radius 3 is 1.94 bits per heavy atom. The summed E-state index contributed by atoms with van der Waals surface area (Å²) in [7, 11) is -2.26. The Bertz CT molecular complexity index is 296. The Morgan fingerprint density at radius 2 is 1.56 bits per heavy atom. The Kier molecular flexibility index (Phi) is 6.92. The number of hydrogen-bond acceptors (Lipinski definition) is 1. The molecule has 0 saturated heterocycles. The summed E-state index contributed by atoms with van der Waals surface area (Å²) in [4.78, 5) is 0. The zero-order valence-corrected chi connectivity index (χ0v) is 13.4. The second-order valence-electron chi connectivity index (χ2n) is 5.10. The number of hydrogen-bond donors (Lipinski definition) is 0. The Morgan fingerprint density at radius 1 is 1.06 bits per heavy atom. The summed E-state index contributed by atoms with van der Waals surface area (Å²) in [6.07, 6.45) is 0. The summed E-state index contributed by atoms with van der Waals surface area (Å²) in [5.41, 5.74) is 0.629. The molecule has 0 aliphatic carbocycles. The third-order valence-electron chi connectivity index (χ3n) is 2.00. The smallest absolute Gasteiger partial charge is 0.605 e. The zero-order valence-electron chi connectivity index (χ0n) is 11.4. The van der Waals surface area contributed by atoms with Crippen molar-refractivity contribution in [2.24, 2.45) is 0 Å². The molecule has 1 aromatic rings. The molecule has 0 aromatic heterocycles. The third kappa shape index (κ3) is 5.51. The van der Waals surface area contributed by atoms with Gasteiger partial charge in [-0.15, -0.1) is 5.54 Å². The van der Waals surface area contributed by atoms with Gasteiger partial charge in [-0.25, -0.2) is 0 Å². The minimum Gasteiger partial charge on any atom is -0.605 e. The Hall–Kier alpha value is 0.211. The topological polar surface area (TPSA) is 9.23 Å². The van der Waals surface area contributed by atoms with Gasteiger partial charge in [0.05, 0.1) is 0 Å². The SMILES string of the molecule is CC(C)[Si-](O[Si](C)(C)C)c1ccccc1.[Li+]. The van der Waals surface area contributed by atoms with E-state index in [1.54, 1.807) is 0 Å². The van der Waals surface area contributed by atoms with Crippen LogP contribution in [0.15, 0.2) is 30.3 Å². The van der Waals surface area contributed by atoms with E-state index in [9.17, 15) is 0 Å². The maximum Gasteiger partial charge on any atom is 1.00 e. The molecule has 0 spiro atoms. The first-order chi connectivity index (χ1) is 6.90. The number of benzene rings is 1. The molecule has 0 saturated carbocycles. The van der Waals surface area contributed by atoms with Crippen LogP contribution in [0.2, 0.25) is 25.2 Å². The van der Waals surface area contributed by atoms with Crippen LogP contribution in [0.5, 0.6) is 0 Å². The Labute approximate surface area is 115 Å².